The van der Waals surface area contributed by atoms with Crippen LogP contribution in [0.3, 0.4) is 0 Å². The second-order valence-corrected chi connectivity index (χ2v) is 8.22. The number of benzene rings is 2. The molecular formula is C22H23F3N2O2. The van der Waals surface area contributed by atoms with Crippen LogP contribution in [0.2, 0.25) is 0 Å². The first kappa shape index (κ1) is 19.9. The topological polar surface area (TPSA) is 52.6 Å². The van der Waals surface area contributed by atoms with Crippen molar-refractivity contribution in [1.82, 2.24) is 10.4 Å². The van der Waals surface area contributed by atoms with Gasteiger partial charge in [0.1, 0.15) is 0 Å². The van der Waals surface area contributed by atoms with Crippen molar-refractivity contribution in [3.63, 3.8) is 0 Å². The van der Waals surface area contributed by atoms with Crippen LogP contribution < -0.4 is 5.48 Å². The first-order valence-corrected chi connectivity index (χ1v) is 9.73. The number of hydrogen-bond donors (Lipinski definition) is 2. The van der Waals surface area contributed by atoms with Gasteiger partial charge in [0.15, 0.2) is 0 Å². The lowest BCUT2D eigenvalue weighted by Gasteiger charge is -2.35. The fourth-order valence-corrected chi connectivity index (χ4v) is 4.78. The molecule has 1 spiro atoms. The van der Waals surface area contributed by atoms with Crippen LogP contribution in [0.5, 0.6) is 0 Å². The number of carbonyl (C=O) groups excluding carboxylic acids is 1. The van der Waals surface area contributed by atoms with Crippen LogP contribution in [0.25, 0.3) is 0 Å². The van der Waals surface area contributed by atoms with Crippen LogP contribution in [-0.2, 0) is 25.6 Å². The Morgan fingerprint density at radius 2 is 1.90 bits per heavy atom. The quantitative estimate of drug-likeness (QED) is 0.595. The minimum Gasteiger partial charge on any atom is -0.298 e. The highest BCUT2D eigenvalue weighted by molar-refractivity contribution is 5.95. The van der Waals surface area contributed by atoms with Crippen molar-refractivity contribution in [2.45, 2.75) is 38.4 Å². The summed E-state index contributed by atoms with van der Waals surface area (Å²) in [5, 5.41) is 9.04. The van der Waals surface area contributed by atoms with Crippen molar-refractivity contribution in [3.8, 4) is 0 Å². The Kier molecular flexibility index (Phi) is 5.12. The van der Waals surface area contributed by atoms with Crippen molar-refractivity contribution in [2.75, 3.05) is 13.1 Å². The predicted molar refractivity (Wildman–Crippen MR) is 101 cm³/mol. The molecule has 1 fully saturated rings. The van der Waals surface area contributed by atoms with Gasteiger partial charge < -0.3 is 0 Å². The molecule has 0 saturated carbocycles. The Hall–Kier alpha value is -2.38. The summed E-state index contributed by atoms with van der Waals surface area (Å²) in [6, 6.07) is 11.0. The fraction of sp³-hybridized carbons (Fsp3) is 0.409. The van der Waals surface area contributed by atoms with Crippen molar-refractivity contribution < 1.29 is 23.2 Å². The molecule has 1 unspecified atom stereocenters. The highest BCUT2D eigenvalue weighted by atomic mass is 19.4. The molecule has 1 aliphatic carbocycles. The molecule has 2 aromatic rings. The van der Waals surface area contributed by atoms with Crippen LogP contribution in [0.1, 0.15) is 45.5 Å². The van der Waals surface area contributed by atoms with Crippen LogP contribution in [0, 0.1) is 5.41 Å². The normalized spacial score (nSPS) is 21.9. The average Bonchev–Trinajstić information content (AvgIpc) is 3.08. The van der Waals surface area contributed by atoms with Crippen LogP contribution in [0.4, 0.5) is 13.2 Å². The van der Waals surface area contributed by atoms with Crippen molar-refractivity contribution in [3.05, 3.63) is 70.3 Å². The Balaban J connectivity index is 1.47. The molecule has 1 aliphatic heterocycles. The summed E-state index contributed by atoms with van der Waals surface area (Å²) >= 11 is 0. The van der Waals surface area contributed by atoms with Gasteiger partial charge in [0.05, 0.1) is 5.56 Å². The number of hydrogen-bond acceptors (Lipinski definition) is 3. The van der Waals surface area contributed by atoms with Crippen molar-refractivity contribution in [1.29, 1.82) is 0 Å². The Morgan fingerprint density at radius 3 is 2.59 bits per heavy atom. The highest BCUT2D eigenvalue weighted by Gasteiger charge is 2.41. The molecule has 1 atom stereocenters. The van der Waals surface area contributed by atoms with Gasteiger partial charge in [-0.25, -0.2) is 5.48 Å². The molecule has 0 bridgehead atoms. The lowest BCUT2D eigenvalue weighted by molar-refractivity contribution is -0.137. The van der Waals surface area contributed by atoms with E-state index in [9.17, 15) is 18.0 Å². The zero-order valence-corrected chi connectivity index (χ0v) is 15.9. The Morgan fingerprint density at radius 1 is 1.14 bits per heavy atom. The molecule has 2 N–H and O–H groups in total. The molecule has 2 aromatic carbocycles. The summed E-state index contributed by atoms with van der Waals surface area (Å²) in [4.78, 5) is 14.3. The molecule has 2 aliphatic rings. The van der Waals surface area contributed by atoms with Gasteiger partial charge in [-0.1, -0.05) is 24.3 Å². The zero-order valence-electron chi connectivity index (χ0n) is 15.9. The summed E-state index contributed by atoms with van der Waals surface area (Å²) in [6.07, 6.45) is -0.647. The number of hydroxylamine groups is 1. The third-order valence-electron chi connectivity index (χ3n) is 6.30. The third-order valence-corrected chi connectivity index (χ3v) is 6.30. The minimum absolute atomic E-state index is 0.0603. The van der Waals surface area contributed by atoms with Gasteiger partial charge in [0.25, 0.3) is 5.91 Å². The smallest absolute Gasteiger partial charge is 0.298 e. The van der Waals surface area contributed by atoms with Gasteiger partial charge in [-0.3, -0.25) is 14.9 Å². The maximum Gasteiger partial charge on any atom is 0.416 e. The molecule has 7 heteroatoms. The van der Waals surface area contributed by atoms with Crippen LogP contribution >= 0.6 is 0 Å². The van der Waals surface area contributed by atoms with Gasteiger partial charge in [-0.05, 0) is 72.5 Å². The molecule has 29 heavy (non-hydrogen) atoms. The minimum atomic E-state index is -4.32. The summed E-state index contributed by atoms with van der Waals surface area (Å²) in [7, 11) is 0. The van der Waals surface area contributed by atoms with E-state index in [1.807, 2.05) is 12.1 Å². The molecule has 0 aromatic heterocycles. The first-order chi connectivity index (χ1) is 13.8. The Bertz CT molecular complexity index is 911. The molecule has 0 radical (unpaired) electrons. The summed E-state index contributed by atoms with van der Waals surface area (Å²) in [5.41, 5.74) is 4.71. The van der Waals surface area contributed by atoms with Gasteiger partial charge in [-0.15, -0.1) is 0 Å². The lowest BCUT2D eigenvalue weighted by atomic mass is 9.70. The molecule has 1 saturated heterocycles. The largest absolute Gasteiger partial charge is 0.416 e. The number of fused-ring (bicyclic) bond motifs is 1. The maximum atomic E-state index is 12.7. The second-order valence-electron chi connectivity index (χ2n) is 8.22. The van der Waals surface area contributed by atoms with Gasteiger partial charge in [0.2, 0.25) is 0 Å². The van der Waals surface area contributed by atoms with E-state index in [0.29, 0.717) is 12.1 Å². The zero-order chi connectivity index (χ0) is 20.6. The number of amides is 1. The molecular weight excluding hydrogens is 381 g/mol. The van der Waals surface area contributed by atoms with Gasteiger partial charge in [0, 0.05) is 18.7 Å². The molecule has 4 nitrogen and oxygen atoms in total. The van der Waals surface area contributed by atoms with E-state index in [1.54, 1.807) is 23.7 Å². The number of nitrogens with one attached hydrogen (secondary N) is 1. The van der Waals surface area contributed by atoms with E-state index < -0.39 is 17.6 Å². The number of carbonyl (C=O) groups is 1. The van der Waals surface area contributed by atoms with Crippen LogP contribution in [-0.4, -0.2) is 29.1 Å². The number of likely N-dealkylation sites (tertiary alicyclic amines) is 1. The van der Waals surface area contributed by atoms with E-state index in [2.05, 4.69) is 4.90 Å². The first-order valence-electron chi connectivity index (χ1n) is 9.73. The Labute approximate surface area is 167 Å². The van der Waals surface area contributed by atoms with Crippen LogP contribution in [0.15, 0.2) is 42.5 Å². The fourth-order valence-electron chi connectivity index (χ4n) is 4.78. The van der Waals surface area contributed by atoms with Gasteiger partial charge in [-0.2, -0.15) is 13.2 Å². The standard InChI is InChI=1S/C22H23F3N2O2/c23-22(24,25)17-6-4-15(5-7-17)13-27-11-10-21(14-27)9-8-16-2-1-3-18(19(16)12-21)20(28)26-29/h1-7,29H,8-14H2,(H,26,28). The molecule has 1 amide bonds. The number of halogens is 3. The summed E-state index contributed by atoms with van der Waals surface area (Å²) < 4.78 is 38.2. The number of alkyl halides is 3. The summed E-state index contributed by atoms with van der Waals surface area (Å²) in [5.74, 6) is -0.487. The maximum absolute atomic E-state index is 12.7. The second kappa shape index (κ2) is 7.46. The molecule has 1 heterocycles. The molecule has 4 rings (SSSR count). The third kappa shape index (κ3) is 4.02. The molecule has 154 valence electrons. The van der Waals surface area contributed by atoms with E-state index in [-0.39, 0.29) is 5.41 Å². The number of aryl methyl sites for hydroxylation is 1. The highest BCUT2D eigenvalue weighted by Crippen LogP contribution is 2.44. The summed E-state index contributed by atoms with van der Waals surface area (Å²) in [6.45, 7) is 2.35. The number of nitrogens with zero attached hydrogens (tertiary/aromatic N) is 1. The van der Waals surface area contributed by atoms with E-state index in [4.69, 9.17) is 5.21 Å². The average molecular weight is 404 g/mol. The van der Waals surface area contributed by atoms with E-state index >= 15 is 0 Å². The predicted octanol–water partition coefficient (Wildman–Crippen LogP) is 4.21. The SMILES string of the molecule is O=C(NO)c1cccc2c1CC1(CC2)CCN(Cc2ccc(C(F)(F)F)cc2)C1. The van der Waals surface area contributed by atoms with Crippen molar-refractivity contribution in [2.24, 2.45) is 5.41 Å². The van der Waals surface area contributed by atoms with E-state index in [1.165, 1.54) is 0 Å². The van der Waals surface area contributed by atoms with Crippen molar-refractivity contribution >= 4 is 5.91 Å². The lowest BCUT2D eigenvalue weighted by Crippen LogP contribution is -2.34. The van der Waals surface area contributed by atoms with E-state index in [0.717, 1.165) is 67.6 Å². The van der Waals surface area contributed by atoms with Gasteiger partial charge >= 0.3 is 6.18 Å². The number of rotatable bonds is 3. The monoisotopic (exact) mass is 404 g/mol.